The molecule has 0 saturated heterocycles. The predicted octanol–water partition coefficient (Wildman–Crippen LogP) is 1.80. The minimum absolute atomic E-state index is 0.161. The Balaban J connectivity index is 1.77. The average molecular weight is 330 g/mol. The molecule has 21 heavy (non-hydrogen) atoms. The molecular weight excluding hydrogens is 308 g/mol. The van der Waals surface area contributed by atoms with Crippen molar-refractivity contribution in [1.82, 2.24) is 9.62 Å². The summed E-state index contributed by atoms with van der Waals surface area (Å²) in [7, 11) is -1.80. The van der Waals surface area contributed by atoms with Crippen LogP contribution in [0.4, 0.5) is 0 Å². The summed E-state index contributed by atoms with van der Waals surface area (Å²) < 4.78 is 32.5. The maximum atomic E-state index is 12.9. The SMILES string of the molecule is COCCN(C1CC1)S(=O)(=O)c1ccsc1CNC1CC1. The van der Waals surface area contributed by atoms with E-state index in [1.165, 1.54) is 24.2 Å². The summed E-state index contributed by atoms with van der Waals surface area (Å²) in [4.78, 5) is 1.40. The number of ether oxygens (including phenoxy) is 1. The fourth-order valence-corrected chi connectivity index (χ4v) is 5.42. The third-order valence-corrected chi connectivity index (χ3v) is 6.98. The summed E-state index contributed by atoms with van der Waals surface area (Å²) in [6.45, 7) is 1.53. The van der Waals surface area contributed by atoms with Crippen LogP contribution in [0.1, 0.15) is 30.6 Å². The number of sulfonamides is 1. The second-order valence-corrected chi connectivity index (χ2v) is 8.56. The molecule has 1 aromatic rings. The molecule has 1 N–H and O–H groups in total. The van der Waals surface area contributed by atoms with E-state index in [-0.39, 0.29) is 6.04 Å². The highest BCUT2D eigenvalue weighted by atomic mass is 32.2. The second-order valence-electron chi connectivity index (χ2n) is 5.70. The highest BCUT2D eigenvalue weighted by Gasteiger charge is 2.39. The second kappa shape index (κ2) is 6.34. The van der Waals surface area contributed by atoms with Gasteiger partial charge in [0, 0.05) is 37.2 Å². The van der Waals surface area contributed by atoms with Gasteiger partial charge < -0.3 is 10.1 Å². The molecule has 2 saturated carbocycles. The number of thiophene rings is 1. The molecule has 5 nitrogen and oxygen atoms in total. The van der Waals surface area contributed by atoms with Crippen LogP contribution in [0.5, 0.6) is 0 Å². The van der Waals surface area contributed by atoms with E-state index in [0.29, 0.717) is 30.6 Å². The Hall–Kier alpha value is -0.470. The van der Waals surface area contributed by atoms with Crippen LogP contribution in [-0.2, 0) is 21.3 Å². The normalized spacial score (nSPS) is 19.3. The van der Waals surface area contributed by atoms with E-state index in [0.717, 1.165) is 17.7 Å². The van der Waals surface area contributed by atoms with Gasteiger partial charge in [-0.3, -0.25) is 0 Å². The van der Waals surface area contributed by atoms with Gasteiger partial charge in [-0.1, -0.05) is 0 Å². The smallest absolute Gasteiger partial charge is 0.244 e. The van der Waals surface area contributed by atoms with Crippen LogP contribution in [0.25, 0.3) is 0 Å². The van der Waals surface area contributed by atoms with Gasteiger partial charge in [0.05, 0.1) is 11.5 Å². The molecule has 0 spiro atoms. The standard InChI is InChI=1S/C14H22N2O3S2/c1-19-8-7-16(12-4-5-12)21(17,18)14-6-9-20-13(14)10-15-11-2-3-11/h6,9,11-12,15H,2-5,7-8,10H2,1H3. The zero-order valence-corrected chi connectivity index (χ0v) is 13.9. The molecule has 1 aromatic heterocycles. The van der Waals surface area contributed by atoms with E-state index in [1.54, 1.807) is 17.5 Å². The highest BCUT2D eigenvalue weighted by Crippen LogP contribution is 2.34. The molecule has 0 radical (unpaired) electrons. The summed E-state index contributed by atoms with van der Waals surface area (Å²) in [5, 5.41) is 5.27. The first-order valence-corrected chi connectivity index (χ1v) is 9.75. The molecule has 7 heteroatoms. The number of nitrogens with zero attached hydrogens (tertiary/aromatic N) is 1. The third-order valence-electron chi connectivity index (χ3n) is 3.89. The van der Waals surface area contributed by atoms with Gasteiger partial charge in [0.1, 0.15) is 0 Å². The largest absolute Gasteiger partial charge is 0.383 e. The lowest BCUT2D eigenvalue weighted by Gasteiger charge is -2.21. The van der Waals surface area contributed by atoms with Gasteiger partial charge in [-0.15, -0.1) is 11.3 Å². The Kier molecular flexibility index (Phi) is 4.66. The van der Waals surface area contributed by atoms with E-state index >= 15 is 0 Å². The molecular formula is C14H22N2O3S2. The van der Waals surface area contributed by atoms with Gasteiger partial charge in [-0.25, -0.2) is 8.42 Å². The van der Waals surface area contributed by atoms with Crippen LogP contribution in [0.15, 0.2) is 16.3 Å². The van der Waals surface area contributed by atoms with Crippen molar-refractivity contribution in [3.8, 4) is 0 Å². The topological polar surface area (TPSA) is 58.6 Å². The third kappa shape index (κ3) is 3.65. The summed E-state index contributed by atoms with van der Waals surface area (Å²) in [5.41, 5.74) is 0. The number of hydrogen-bond acceptors (Lipinski definition) is 5. The fourth-order valence-electron chi connectivity index (χ4n) is 2.38. The Morgan fingerprint density at radius 2 is 2.14 bits per heavy atom. The number of methoxy groups -OCH3 is 1. The van der Waals surface area contributed by atoms with E-state index < -0.39 is 10.0 Å². The van der Waals surface area contributed by atoms with Crippen molar-refractivity contribution < 1.29 is 13.2 Å². The van der Waals surface area contributed by atoms with Crippen molar-refractivity contribution in [2.45, 2.75) is 49.2 Å². The Bertz CT molecular complexity index is 577. The van der Waals surface area contributed by atoms with Gasteiger partial charge in [-0.2, -0.15) is 4.31 Å². The number of nitrogens with one attached hydrogen (secondary N) is 1. The quantitative estimate of drug-likeness (QED) is 0.750. The molecule has 0 amide bonds. The first-order valence-electron chi connectivity index (χ1n) is 7.43. The van der Waals surface area contributed by atoms with E-state index in [9.17, 15) is 8.42 Å². The van der Waals surface area contributed by atoms with Gasteiger partial charge in [0.2, 0.25) is 10.0 Å². The molecule has 2 aliphatic carbocycles. The van der Waals surface area contributed by atoms with E-state index in [2.05, 4.69) is 5.32 Å². The van der Waals surface area contributed by atoms with Crippen LogP contribution < -0.4 is 5.32 Å². The van der Waals surface area contributed by atoms with Gasteiger partial charge in [0.25, 0.3) is 0 Å². The maximum Gasteiger partial charge on any atom is 0.244 e. The van der Waals surface area contributed by atoms with Crippen molar-refractivity contribution in [2.75, 3.05) is 20.3 Å². The Morgan fingerprint density at radius 3 is 2.76 bits per heavy atom. The van der Waals surface area contributed by atoms with E-state index in [1.807, 2.05) is 5.38 Å². The Labute approximate surface area is 130 Å². The van der Waals surface area contributed by atoms with E-state index in [4.69, 9.17) is 4.74 Å². The van der Waals surface area contributed by atoms with Crippen LogP contribution in [0, 0.1) is 0 Å². The number of hydrogen-bond donors (Lipinski definition) is 1. The first-order chi connectivity index (χ1) is 10.1. The average Bonchev–Trinajstić information content (AvgIpc) is 3.37. The van der Waals surface area contributed by atoms with Crippen LogP contribution in [-0.4, -0.2) is 45.1 Å². The van der Waals surface area contributed by atoms with Crippen molar-refractivity contribution in [3.63, 3.8) is 0 Å². The van der Waals surface area contributed by atoms with Gasteiger partial charge >= 0.3 is 0 Å². The summed E-state index contributed by atoms with van der Waals surface area (Å²) in [5.74, 6) is 0. The zero-order valence-electron chi connectivity index (χ0n) is 12.2. The maximum absolute atomic E-state index is 12.9. The predicted molar refractivity (Wildman–Crippen MR) is 83.0 cm³/mol. The summed E-state index contributed by atoms with van der Waals surface area (Å²) in [6.07, 6.45) is 4.33. The molecule has 2 fully saturated rings. The molecule has 118 valence electrons. The van der Waals surface area contributed by atoms with Crippen molar-refractivity contribution in [3.05, 3.63) is 16.3 Å². The Morgan fingerprint density at radius 1 is 1.38 bits per heavy atom. The lowest BCUT2D eigenvalue weighted by Crippen LogP contribution is -2.36. The fraction of sp³-hybridized carbons (Fsp3) is 0.714. The van der Waals surface area contributed by atoms with Crippen LogP contribution >= 0.6 is 11.3 Å². The molecule has 0 atom stereocenters. The zero-order chi connectivity index (χ0) is 14.9. The van der Waals surface area contributed by atoms with Gasteiger partial charge in [-0.05, 0) is 37.1 Å². The highest BCUT2D eigenvalue weighted by molar-refractivity contribution is 7.89. The van der Waals surface area contributed by atoms with Crippen LogP contribution in [0.3, 0.4) is 0 Å². The minimum atomic E-state index is -3.40. The van der Waals surface area contributed by atoms with Crippen molar-refractivity contribution in [1.29, 1.82) is 0 Å². The van der Waals surface area contributed by atoms with Crippen molar-refractivity contribution >= 4 is 21.4 Å². The minimum Gasteiger partial charge on any atom is -0.383 e. The molecule has 3 rings (SSSR count). The molecule has 0 aliphatic heterocycles. The molecule has 0 unspecified atom stereocenters. The van der Waals surface area contributed by atoms with Crippen molar-refractivity contribution in [2.24, 2.45) is 0 Å². The molecule has 0 bridgehead atoms. The van der Waals surface area contributed by atoms with Gasteiger partial charge in [0.15, 0.2) is 0 Å². The number of rotatable bonds is 9. The lowest BCUT2D eigenvalue weighted by atomic mass is 10.4. The first kappa shape index (κ1) is 15.4. The summed E-state index contributed by atoms with van der Waals surface area (Å²) in [6, 6.07) is 2.48. The molecule has 1 heterocycles. The molecule has 2 aliphatic rings. The monoisotopic (exact) mass is 330 g/mol. The summed E-state index contributed by atoms with van der Waals surface area (Å²) >= 11 is 1.52. The molecule has 0 aromatic carbocycles. The lowest BCUT2D eigenvalue weighted by molar-refractivity contribution is 0.177. The van der Waals surface area contributed by atoms with Crippen LogP contribution in [0.2, 0.25) is 0 Å².